The van der Waals surface area contributed by atoms with Gasteiger partial charge in [0.05, 0.1) is 5.92 Å². The van der Waals surface area contributed by atoms with Crippen molar-refractivity contribution in [3.63, 3.8) is 0 Å². The van der Waals surface area contributed by atoms with E-state index in [2.05, 4.69) is 5.32 Å². The molecule has 0 aromatic heterocycles. The van der Waals surface area contributed by atoms with Crippen molar-refractivity contribution in [2.45, 2.75) is 33.2 Å². The number of amides is 3. The van der Waals surface area contributed by atoms with Crippen LogP contribution in [0.25, 0.3) is 0 Å². The summed E-state index contributed by atoms with van der Waals surface area (Å²) in [6.45, 7) is 5.52. The fourth-order valence-electron chi connectivity index (χ4n) is 3.82. The van der Waals surface area contributed by atoms with Gasteiger partial charge in [-0.1, -0.05) is 29.8 Å². The Balaban J connectivity index is 1.67. The van der Waals surface area contributed by atoms with E-state index >= 15 is 0 Å². The third-order valence-corrected chi connectivity index (χ3v) is 5.89. The van der Waals surface area contributed by atoms with E-state index in [9.17, 15) is 14.4 Å². The molecule has 6 nitrogen and oxygen atoms in total. The van der Waals surface area contributed by atoms with Gasteiger partial charge in [-0.3, -0.25) is 14.4 Å². The van der Waals surface area contributed by atoms with Crippen LogP contribution < -0.4 is 5.32 Å². The molecule has 1 unspecified atom stereocenters. The summed E-state index contributed by atoms with van der Waals surface area (Å²) in [5.41, 5.74) is 2.16. The number of halogens is 1. The highest BCUT2D eigenvalue weighted by atomic mass is 35.5. The van der Waals surface area contributed by atoms with Gasteiger partial charge >= 0.3 is 0 Å². The summed E-state index contributed by atoms with van der Waals surface area (Å²) in [4.78, 5) is 41.1. The third kappa shape index (κ3) is 5.85. The molecule has 3 rings (SSSR count). The van der Waals surface area contributed by atoms with Gasteiger partial charge in [0.1, 0.15) is 0 Å². The number of likely N-dealkylation sites (tertiary alicyclic amines) is 1. The molecule has 31 heavy (non-hydrogen) atoms. The smallest absolute Gasteiger partial charge is 0.253 e. The van der Waals surface area contributed by atoms with Crippen LogP contribution in [0.3, 0.4) is 0 Å². The van der Waals surface area contributed by atoms with Crippen molar-refractivity contribution >= 4 is 35.0 Å². The maximum Gasteiger partial charge on any atom is 0.253 e. The van der Waals surface area contributed by atoms with Gasteiger partial charge in [0.25, 0.3) is 5.91 Å². The molecule has 1 aliphatic heterocycles. The number of anilines is 1. The Kier molecular flexibility index (Phi) is 7.69. The Hall–Kier alpha value is -2.86. The Morgan fingerprint density at radius 2 is 1.84 bits per heavy atom. The highest BCUT2D eigenvalue weighted by molar-refractivity contribution is 6.30. The van der Waals surface area contributed by atoms with Crippen molar-refractivity contribution in [2.24, 2.45) is 5.92 Å². The second-order valence-corrected chi connectivity index (χ2v) is 8.21. The zero-order valence-corrected chi connectivity index (χ0v) is 18.7. The lowest BCUT2D eigenvalue weighted by Gasteiger charge is -2.32. The SMILES string of the molecule is CCN(Cc1ccccc1NC(=O)C1CCCN(C(=O)c2ccc(Cl)cc2)C1)C(C)=O. The van der Waals surface area contributed by atoms with Crippen molar-refractivity contribution in [2.75, 3.05) is 25.0 Å². The molecule has 164 valence electrons. The van der Waals surface area contributed by atoms with Crippen molar-refractivity contribution in [3.05, 3.63) is 64.7 Å². The summed E-state index contributed by atoms with van der Waals surface area (Å²) in [6.07, 6.45) is 1.50. The van der Waals surface area contributed by atoms with Crippen LogP contribution >= 0.6 is 11.6 Å². The first-order valence-corrected chi connectivity index (χ1v) is 11.0. The Bertz CT molecular complexity index is 945. The summed E-state index contributed by atoms with van der Waals surface area (Å²) in [5, 5.41) is 3.60. The minimum Gasteiger partial charge on any atom is -0.339 e. The first-order chi connectivity index (χ1) is 14.9. The van der Waals surface area contributed by atoms with Gasteiger partial charge < -0.3 is 15.1 Å². The van der Waals surface area contributed by atoms with Crippen LogP contribution in [-0.4, -0.2) is 47.2 Å². The summed E-state index contributed by atoms with van der Waals surface area (Å²) in [6, 6.07) is 14.3. The first kappa shape index (κ1) is 22.8. The Labute approximate surface area is 188 Å². The van der Waals surface area contributed by atoms with E-state index in [0.717, 1.165) is 18.4 Å². The van der Waals surface area contributed by atoms with Crippen molar-refractivity contribution < 1.29 is 14.4 Å². The molecule has 1 atom stereocenters. The van der Waals surface area contributed by atoms with Crippen molar-refractivity contribution in [1.29, 1.82) is 0 Å². The zero-order valence-electron chi connectivity index (χ0n) is 17.9. The molecule has 7 heteroatoms. The second-order valence-electron chi connectivity index (χ2n) is 7.78. The van der Waals surface area contributed by atoms with Crippen LogP contribution in [0.1, 0.15) is 42.6 Å². The van der Waals surface area contributed by atoms with Crippen LogP contribution in [0.2, 0.25) is 5.02 Å². The van der Waals surface area contributed by atoms with Gasteiger partial charge in [0.2, 0.25) is 11.8 Å². The van der Waals surface area contributed by atoms with Gasteiger partial charge in [0, 0.05) is 49.4 Å². The number of benzene rings is 2. The van der Waals surface area contributed by atoms with E-state index in [1.165, 1.54) is 0 Å². The number of nitrogens with zero attached hydrogens (tertiary/aromatic N) is 2. The largest absolute Gasteiger partial charge is 0.339 e. The molecule has 3 amide bonds. The second kappa shape index (κ2) is 10.4. The molecule has 0 saturated carbocycles. The molecule has 1 fully saturated rings. The van der Waals surface area contributed by atoms with Gasteiger partial charge in [-0.15, -0.1) is 0 Å². The Morgan fingerprint density at radius 3 is 2.52 bits per heavy atom. The number of nitrogens with one attached hydrogen (secondary N) is 1. The number of hydrogen-bond donors (Lipinski definition) is 1. The Morgan fingerprint density at radius 1 is 1.13 bits per heavy atom. The van der Waals surface area contributed by atoms with E-state index in [4.69, 9.17) is 11.6 Å². The molecule has 1 saturated heterocycles. The van der Waals surface area contributed by atoms with Crippen LogP contribution in [0.4, 0.5) is 5.69 Å². The fraction of sp³-hybridized carbons (Fsp3) is 0.375. The average Bonchev–Trinajstić information content (AvgIpc) is 2.78. The fourth-order valence-corrected chi connectivity index (χ4v) is 3.94. The molecule has 2 aromatic rings. The van der Waals surface area contributed by atoms with Gasteiger partial charge in [-0.2, -0.15) is 0 Å². The minimum atomic E-state index is -0.284. The topological polar surface area (TPSA) is 69.7 Å². The molecule has 0 radical (unpaired) electrons. The predicted octanol–water partition coefficient (Wildman–Crippen LogP) is 4.20. The van der Waals surface area contributed by atoms with Crippen LogP contribution in [-0.2, 0) is 16.1 Å². The van der Waals surface area contributed by atoms with E-state index in [1.807, 2.05) is 31.2 Å². The minimum absolute atomic E-state index is 0.00716. The monoisotopic (exact) mass is 441 g/mol. The summed E-state index contributed by atoms with van der Waals surface area (Å²) >= 11 is 5.92. The van der Waals surface area contributed by atoms with Gasteiger partial charge in [-0.05, 0) is 55.7 Å². The summed E-state index contributed by atoms with van der Waals surface area (Å²) < 4.78 is 0. The third-order valence-electron chi connectivity index (χ3n) is 5.63. The standard InChI is InChI=1S/C24H28ClN3O3/c1-3-27(17(2)29)15-19-7-4-5-9-22(19)26-23(30)20-8-6-14-28(16-20)24(31)18-10-12-21(25)13-11-18/h4-5,7,9-13,20H,3,6,8,14-16H2,1-2H3,(H,26,30). The zero-order chi connectivity index (χ0) is 22.4. The summed E-state index contributed by atoms with van der Waals surface area (Å²) in [5.74, 6) is -0.484. The molecule has 1 aliphatic rings. The predicted molar refractivity (Wildman–Crippen MR) is 122 cm³/mol. The highest BCUT2D eigenvalue weighted by Gasteiger charge is 2.29. The van der Waals surface area contributed by atoms with Crippen LogP contribution in [0.5, 0.6) is 0 Å². The lowest BCUT2D eigenvalue weighted by molar-refractivity contribution is -0.129. The van der Waals surface area contributed by atoms with E-state index in [1.54, 1.807) is 41.0 Å². The van der Waals surface area contributed by atoms with Gasteiger partial charge in [0.15, 0.2) is 0 Å². The number of carbonyl (C=O) groups excluding carboxylic acids is 3. The average molecular weight is 442 g/mol. The molecule has 0 bridgehead atoms. The summed E-state index contributed by atoms with van der Waals surface area (Å²) in [7, 11) is 0. The van der Waals surface area contributed by atoms with Crippen LogP contribution in [0, 0.1) is 5.92 Å². The molecule has 0 aliphatic carbocycles. The maximum absolute atomic E-state index is 13.0. The molecular weight excluding hydrogens is 414 g/mol. The normalized spacial score (nSPS) is 16.0. The lowest BCUT2D eigenvalue weighted by atomic mass is 9.96. The highest BCUT2D eigenvalue weighted by Crippen LogP contribution is 2.23. The van der Waals surface area contributed by atoms with Crippen molar-refractivity contribution in [1.82, 2.24) is 9.80 Å². The molecular formula is C24H28ClN3O3. The number of piperidine rings is 1. The van der Waals surface area contributed by atoms with E-state index < -0.39 is 0 Å². The number of carbonyl (C=O) groups is 3. The van der Waals surface area contributed by atoms with Crippen LogP contribution in [0.15, 0.2) is 48.5 Å². The quantitative estimate of drug-likeness (QED) is 0.730. The molecule has 1 heterocycles. The maximum atomic E-state index is 13.0. The van der Waals surface area contributed by atoms with E-state index in [-0.39, 0.29) is 23.6 Å². The van der Waals surface area contributed by atoms with Crippen molar-refractivity contribution in [3.8, 4) is 0 Å². The van der Waals surface area contributed by atoms with E-state index in [0.29, 0.717) is 42.5 Å². The molecule has 1 N–H and O–H groups in total. The number of rotatable bonds is 6. The number of para-hydroxylation sites is 1. The lowest BCUT2D eigenvalue weighted by Crippen LogP contribution is -2.43. The van der Waals surface area contributed by atoms with Gasteiger partial charge in [-0.25, -0.2) is 0 Å². The first-order valence-electron chi connectivity index (χ1n) is 10.6. The molecule has 0 spiro atoms. The molecule has 2 aromatic carbocycles. The number of hydrogen-bond acceptors (Lipinski definition) is 3.